The van der Waals surface area contributed by atoms with Crippen LogP contribution >= 0.6 is 22.6 Å². The molecule has 0 radical (unpaired) electrons. The number of rotatable bonds is 3. The van der Waals surface area contributed by atoms with Crippen molar-refractivity contribution in [2.45, 2.75) is 6.42 Å². The molecule has 3 heteroatoms. The fraction of sp³-hybridized carbons (Fsp3) is 0.400. The quantitative estimate of drug-likeness (QED) is 0.792. The first-order valence-corrected chi connectivity index (χ1v) is 5.54. The topological polar surface area (TPSA) is 12.5 Å². The second-order valence-electron chi connectivity index (χ2n) is 3.18. The zero-order valence-corrected chi connectivity index (χ0v) is 9.53. The Kier molecular flexibility index (Phi) is 3.05. The zero-order chi connectivity index (χ0) is 9.10. The SMILES string of the molecule is Ic1ccccc1OCN1CCC1. The number of hydrogen-bond donors (Lipinski definition) is 0. The second kappa shape index (κ2) is 4.28. The third kappa shape index (κ3) is 2.34. The maximum absolute atomic E-state index is 5.66. The van der Waals surface area contributed by atoms with Gasteiger partial charge >= 0.3 is 0 Å². The van der Waals surface area contributed by atoms with Crippen LogP contribution in [-0.2, 0) is 0 Å². The van der Waals surface area contributed by atoms with Crippen molar-refractivity contribution in [3.05, 3.63) is 27.8 Å². The first-order valence-electron chi connectivity index (χ1n) is 4.46. The number of likely N-dealkylation sites (tertiary alicyclic amines) is 1. The van der Waals surface area contributed by atoms with E-state index >= 15 is 0 Å². The lowest BCUT2D eigenvalue weighted by molar-refractivity contribution is 0.0725. The Morgan fingerprint density at radius 1 is 1.31 bits per heavy atom. The van der Waals surface area contributed by atoms with Crippen LogP contribution in [0.3, 0.4) is 0 Å². The molecule has 1 saturated heterocycles. The van der Waals surface area contributed by atoms with Gasteiger partial charge in [-0.1, -0.05) is 12.1 Å². The van der Waals surface area contributed by atoms with Crippen molar-refractivity contribution in [1.82, 2.24) is 4.90 Å². The average Bonchev–Trinajstić information content (AvgIpc) is 2.05. The summed E-state index contributed by atoms with van der Waals surface area (Å²) in [5.74, 6) is 0.995. The fourth-order valence-electron chi connectivity index (χ4n) is 1.23. The van der Waals surface area contributed by atoms with Crippen LogP contribution in [0.15, 0.2) is 24.3 Å². The van der Waals surface area contributed by atoms with E-state index in [2.05, 4.69) is 33.6 Å². The molecule has 0 N–H and O–H groups in total. The molecule has 70 valence electrons. The van der Waals surface area contributed by atoms with E-state index in [1.165, 1.54) is 23.1 Å². The molecule has 1 heterocycles. The van der Waals surface area contributed by atoms with Crippen molar-refractivity contribution >= 4 is 22.6 Å². The molecule has 1 aromatic rings. The van der Waals surface area contributed by atoms with Crippen molar-refractivity contribution < 1.29 is 4.74 Å². The van der Waals surface area contributed by atoms with Gasteiger partial charge in [-0.15, -0.1) is 0 Å². The summed E-state index contributed by atoms with van der Waals surface area (Å²) in [4.78, 5) is 2.29. The Morgan fingerprint density at radius 3 is 2.69 bits per heavy atom. The first kappa shape index (κ1) is 9.27. The molecule has 0 spiro atoms. The lowest BCUT2D eigenvalue weighted by Crippen LogP contribution is -2.39. The van der Waals surface area contributed by atoms with E-state index in [9.17, 15) is 0 Å². The molecule has 2 nitrogen and oxygen atoms in total. The summed E-state index contributed by atoms with van der Waals surface area (Å²) in [6.45, 7) is 3.10. The maximum atomic E-state index is 5.66. The van der Waals surface area contributed by atoms with Gasteiger partial charge in [-0.25, -0.2) is 0 Å². The van der Waals surface area contributed by atoms with Crippen LogP contribution in [0.5, 0.6) is 5.75 Å². The fourth-order valence-corrected chi connectivity index (χ4v) is 1.78. The minimum atomic E-state index is 0.736. The Morgan fingerprint density at radius 2 is 2.08 bits per heavy atom. The van der Waals surface area contributed by atoms with Crippen molar-refractivity contribution in [3.63, 3.8) is 0 Å². The van der Waals surface area contributed by atoms with E-state index in [0.29, 0.717) is 0 Å². The van der Waals surface area contributed by atoms with Gasteiger partial charge in [0.15, 0.2) is 0 Å². The molecule has 0 bridgehead atoms. The molecule has 2 rings (SSSR count). The van der Waals surface area contributed by atoms with Gasteiger partial charge in [0.05, 0.1) is 3.57 Å². The van der Waals surface area contributed by atoms with E-state index in [4.69, 9.17) is 4.74 Å². The van der Waals surface area contributed by atoms with Gasteiger partial charge in [0, 0.05) is 13.1 Å². The van der Waals surface area contributed by atoms with Crippen molar-refractivity contribution in [2.24, 2.45) is 0 Å². The molecule has 1 aliphatic heterocycles. The monoisotopic (exact) mass is 289 g/mol. The van der Waals surface area contributed by atoms with Gasteiger partial charge in [0.1, 0.15) is 12.5 Å². The molecule has 13 heavy (non-hydrogen) atoms. The molecule has 0 aliphatic carbocycles. The summed E-state index contributed by atoms with van der Waals surface area (Å²) in [6, 6.07) is 8.11. The molecule has 0 atom stereocenters. The molecular weight excluding hydrogens is 277 g/mol. The molecule has 0 amide bonds. The van der Waals surface area contributed by atoms with E-state index in [1.54, 1.807) is 0 Å². The predicted molar refractivity (Wildman–Crippen MR) is 60.8 cm³/mol. The minimum Gasteiger partial charge on any atom is -0.477 e. The smallest absolute Gasteiger partial charge is 0.142 e. The van der Waals surface area contributed by atoms with Gasteiger partial charge in [-0.2, -0.15) is 0 Å². The largest absolute Gasteiger partial charge is 0.477 e. The van der Waals surface area contributed by atoms with E-state index in [1.807, 2.05) is 18.2 Å². The van der Waals surface area contributed by atoms with Crippen LogP contribution in [0, 0.1) is 3.57 Å². The third-order valence-electron chi connectivity index (χ3n) is 2.19. The van der Waals surface area contributed by atoms with E-state index in [0.717, 1.165) is 12.5 Å². The predicted octanol–water partition coefficient (Wildman–Crippen LogP) is 2.33. The lowest BCUT2D eigenvalue weighted by atomic mass is 10.2. The highest BCUT2D eigenvalue weighted by atomic mass is 127. The highest BCUT2D eigenvalue weighted by Gasteiger charge is 2.13. The molecular formula is C10H12INO. The van der Waals surface area contributed by atoms with Gasteiger partial charge in [0.25, 0.3) is 0 Å². The third-order valence-corrected chi connectivity index (χ3v) is 3.08. The van der Waals surface area contributed by atoms with Crippen LogP contribution < -0.4 is 4.74 Å². The summed E-state index contributed by atoms with van der Waals surface area (Å²) in [7, 11) is 0. The number of nitrogens with zero attached hydrogens (tertiary/aromatic N) is 1. The minimum absolute atomic E-state index is 0.736. The van der Waals surface area contributed by atoms with Crippen LogP contribution in [0.4, 0.5) is 0 Å². The Bertz CT molecular complexity index is 286. The number of hydrogen-bond acceptors (Lipinski definition) is 2. The molecule has 0 unspecified atom stereocenters. The molecule has 1 fully saturated rings. The van der Waals surface area contributed by atoms with Crippen molar-refractivity contribution in [1.29, 1.82) is 0 Å². The number of ether oxygens (including phenoxy) is 1. The van der Waals surface area contributed by atoms with Crippen LogP contribution in [0.25, 0.3) is 0 Å². The Labute approximate surface area is 92.0 Å². The maximum Gasteiger partial charge on any atom is 0.142 e. The number of benzene rings is 1. The highest BCUT2D eigenvalue weighted by molar-refractivity contribution is 14.1. The zero-order valence-electron chi connectivity index (χ0n) is 7.37. The summed E-state index contributed by atoms with van der Waals surface area (Å²) in [5, 5.41) is 0. The second-order valence-corrected chi connectivity index (χ2v) is 4.34. The molecule has 1 aliphatic rings. The van der Waals surface area contributed by atoms with Crippen molar-refractivity contribution in [3.8, 4) is 5.75 Å². The lowest BCUT2D eigenvalue weighted by Gasteiger charge is -2.30. The Balaban J connectivity index is 1.89. The molecule has 0 aromatic heterocycles. The van der Waals surface area contributed by atoms with Gasteiger partial charge in [-0.3, -0.25) is 4.90 Å². The van der Waals surface area contributed by atoms with Crippen LogP contribution in [0.1, 0.15) is 6.42 Å². The molecule has 1 aromatic carbocycles. The molecule has 0 saturated carbocycles. The standard InChI is InChI=1S/C10H12INO/c11-9-4-1-2-5-10(9)13-8-12-6-3-7-12/h1-2,4-5H,3,6-8H2. The summed E-state index contributed by atoms with van der Waals surface area (Å²) in [5.41, 5.74) is 0. The van der Waals surface area contributed by atoms with Crippen molar-refractivity contribution in [2.75, 3.05) is 19.8 Å². The van der Waals surface area contributed by atoms with Crippen LogP contribution in [-0.4, -0.2) is 24.7 Å². The van der Waals surface area contributed by atoms with E-state index in [-0.39, 0.29) is 0 Å². The normalized spacial score (nSPS) is 16.7. The number of halogens is 1. The van der Waals surface area contributed by atoms with Gasteiger partial charge in [-0.05, 0) is 41.1 Å². The summed E-state index contributed by atoms with van der Waals surface area (Å²) in [6.07, 6.45) is 1.31. The average molecular weight is 289 g/mol. The Hall–Kier alpha value is -0.290. The summed E-state index contributed by atoms with van der Waals surface area (Å²) < 4.78 is 6.84. The van der Waals surface area contributed by atoms with Gasteiger partial charge < -0.3 is 4.74 Å². The first-order chi connectivity index (χ1) is 6.36. The number of para-hydroxylation sites is 1. The highest BCUT2D eigenvalue weighted by Crippen LogP contribution is 2.20. The van der Waals surface area contributed by atoms with Crippen LogP contribution in [0.2, 0.25) is 0 Å². The summed E-state index contributed by atoms with van der Waals surface area (Å²) >= 11 is 2.29. The van der Waals surface area contributed by atoms with Gasteiger partial charge in [0.2, 0.25) is 0 Å². The van der Waals surface area contributed by atoms with E-state index < -0.39 is 0 Å².